The Morgan fingerprint density at radius 1 is 1.14 bits per heavy atom. The smallest absolute Gasteiger partial charge is 1.00 e. The Hall–Kier alpha value is 1.48. The van der Waals surface area contributed by atoms with Gasteiger partial charge in [0.15, 0.2) is 0 Å². The van der Waals surface area contributed by atoms with Crippen LogP contribution in [0.25, 0.3) is 0 Å². The Kier molecular flexibility index (Phi) is 87.6. The SMILES string of the molecule is NCCN.O.[H-].[H-].[Li+].[Na+]. The normalized spacial score (nSPS) is 4.29. The van der Waals surface area contributed by atoms with E-state index in [1.165, 1.54) is 0 Å². The van der Waals surface area contributed by atoms with Crippen LogP contribution in [0.2, 0.25) is 0 Å². The number of hydrogen-bond acceptors (Lipinski definition) is 2. The summed E-state index contributed by atoms with van der Waals surface area (Å²) in [5.74, 6) is 0. The molecule has 0 aromatic carbocycles. The van der Waals surface area contributed by atoms with Gasteiger partial charge in [0.2, 0.25) is 0 Å². The van der Waals surface area contributed by atoms with E-state index in [2.05, 4.69) is 0 Å². The predicted octanol–water partition coefficient (Wildman–Crippen LogP) is -7.69. The van der Waals surface area contributed by atoms with Crippen LogP contribution in [-0.2, 0) is 0 Å². The van der Waals surface area contributed by atoms with Gasteiger partial charge in [0.05, 0.1) is 0 Å². The van der Waals surface area contributed by atoms with Gasteiger partial charge >= 0.3 is 48.4 Å². The van der Waals surface area contributed by atoms with Crippen LogP contribution in [0.1, 0.15) is 2.85 Å². The summed E-state index contributed by atoms with van der Waals surface area (Å²) in [7, 11) is 0. The van der Waals surface area contributed by atoms with Crippen molar-refractivity contribution in [2.24, 2.45) is 11.5 Å². The van der Waals surface area contributed by atoms with Gasteiger partial charge in [-0.05, 0) is 0 Å². The van der Waals surface area contributed by atoms with Crippen LogP contribution < -0.4 is 59.9 Å². The first-order chi connectivity index (χ1) is 1.91. The zero-order valence-electron chi connectivity index (χ0n) is 7.07. The molecule has 0 rings (SSSR count). The largest absolute Gasteiger partial charge is 1.00 e. The van der Waals surface area contributed by atoms with E-state index in [4.69, 9.17) is 11.5 Å². The molecular formula is C2H12LiN2NaO. The molecule has 0 aromatic rings. The van der Waals surface area contributed by atoms with Gasteiger partial charge in [0.1, 0.15) is 0 Å². The van der Waals surface area contributed by atoms with Crippen LogP contribution >= 0.6 is 0 Å². The van der Waals surface area contributed by atoms with Gasteiger partial charge in [-0.2, -0.15) is 0 Å². The van der Waals surface area contributed by atoms with Crippen molar-refractivity contribution in [1.82, 2.24) is 0 Å². The first-order valence-electron chi connectivity index (χ1n) is 1.32. The van der Waals surface area contributed by atoms with Crippen LogP contribution in [0, 0.1) is 0 Å². The standard InChI is InChI=1S/C2H8N2.Li.Na.H2O.2H/c3-1-2-4;;;;;/h1-4H2;;;1H2;;/q;2*+1;;2*-1. The van der Waals surface area contributed by atoms with Gasteiger partial charge in [0.25, 0.3) is 0 Å². The molecule has 3 nitrogen and oxygen atoms in total. The average molecular weight is 110 g/mol. The third-order valence-corrected chi connectivity index (χ3v) is 0.167. The van der Waals surface area contributed by atoms with Gasteiger partial charge in [0, 0.05) is 13.1 Å². The van der Waals surface area contributed by atoms with Gasteiger partial charge in [-0.15, -0.1) is 0 Å². The maximum Gasteiger partial charge on any atom is 1.00 e. The molecule has 0 unspecified atom stereocenters. The molecule has 0 radical (unpaired) electrons. The van der Waals surface area contributed by atoms with E-state index in [-0.39, 0.29) is 56.7 Å². The topological polar surface area (TPSA) is 83.5 Å². The van der Waals surface area contributed by atoms with Crippen LogP contribution in [0.15, 0.2) is 0 Å². The fourth-order valence-corrected chi connectivity index (χ4v) is 0. The van der Waals surface area contributed by atoms with E-state index in [0.29, 0.717) is 13.1 Å². The first-order valence-corrected chi connectivity index (χ1v) is 1.32. The number of rotatable bonds is 1. The Balaban J connectivity index is -0.00000000450. The van der Waals surface area contributed by atoms with Gasteiger partial charge in [-0.3, -0.25) is 0 Å². The summed E-state index contributed by atoms with van der Waals surface area (Å²) in [4.78, 5) is 0. The van der Waals surface area contributed by atoms with E-state index in [0.717, 1.165) is 0 Å². The molecule has 0 aliphatic rings. The summed E-state index contributed by atoms with van der Waals surface area (Å²) in [5, 5.41) is 0. The van der Waals surface area contributed by atoms with Crippen molar-refractivity contribution in [3.63, 3.8) is 0 Å². The maximum atomic E-state index is 4.90. The third kappa shape index (κ3) is 36.6. The molecule has 0 aliphatic carbocycles. The summed E-state index contributed by atoms with van der Waals surface area (Å²) < 4.78 is 0. The maximum absolute atomic E-state index is 4.90. The molecule has 6 N–H and O–H groups in total. The molecule has 0 bridgehead atoms. The molecule has 0 saturated carbocycles. The second-order valence-electron chi connectivity index (χ2n) is 0.577. The van der Waals surface area contributed by atoms with Crippen molar-refractivity contribution < 1.29 is 56.7 Å². The van der Waals surface area contributed by atoms with E-state index >= 15 is 0 Å². The molecule has 5 heteroatoms. The third-order valence-electron chi connectivity index (χ3n) is 0.167. The van der Waals surface area contributed by atoms with E-state index < -0.39 is 0 Å². The zero-order valence-corrected chi connectivity index (χ0v) is 7.07. The van der Waals surface area contributed by atoms with Crippen LogP contribution in [-0.4, -0.2) is 18.6 Å². The Bertz CT molecular complexity index is 24.5. The molecule has 0 aromatic heterocycles. The molecule has 38 valence electrons. The van der Waals surface area contributed by atoms with Crippen molar-refractivity contribution in [3.05, 3.63) is 0 Å². The molecule has 0 saturated heterocycles. The van der Waals surface area contributed by atoms with E-state index in [9.17, 15) is 0 Å². The molecule has 0 spiro atoms. The second kappa shape index (κ2) is 25.9. The first kappa shape index (κ1) is 23.6. The minimum Gasteiger partial charge on any atom is -1.00 e. The summed E-state index contributed by atoms with van der Waals surface area (Å²) in [5.41, 5.74) is 9.81. The minimum atomic E-state index is 0. The Morgan fingerprint density at radius 3 is 1.29 bits per heavy atom. The average Bonchev–Trinajstić information content (AvgIpc) is 1.37. The number of nitrogens with two attached hydrogens (primary N) is 2. The van der Waals surface area contributed by atoms with E-state index in [1.54, 1.807) is 0 Å². The van der Waals surface area contributed by atoms with Crippen molar-refractivity contribution in [1.29, 1.82) is 0 Å². The Labute approximate surface area is 80.9 Å². The van der Waals surface area contributed by atoms with Crippen LogP contribution in [0.3, 0.4) is 0 Å². The van der Waals surface area contributed by atoms with Crippen molar-refractivity contribution in [2.75, 3.05) is 13.1 Å². The molecule has 0 atom stereocenters. The summed E-state index contributed by atoms with van der Waals surface area (Å²) in [6.07, 6.45) is 0. The predicted molar refractivity (Wildman–Crippen MR) is 23.9 cm³/mol. The van der Waals surface area contributed by atoms with Crippen LogP contribution in [0.4, 0.5) is 0 Å². The molecule has 0 heterocycles. The molecule has 0 amide bonds. The monoisotopic (exact) mass is 110 g/mol. The Morgan fingerprint density at radius 2 is 1.29 bits per heavy atom. The van der Waals surface area contributed by atoms with Crippen molar-refractivity contribution in [3.8, 4) is 0 Å². The second-order valence-corrected chi connectivity index (χ2v) is 0.577. The fraction of sp³-hybridized carbons (Fsp3) is 1.00. The molecular weight excluding hydrogens is 98.0 g/mol. The molecule has 7 heavy (non-hydrogen) atoms. The minimum absolute atomic E-state index is 0. The molecule has 0 aliphatic heterocycles. The van der Waals surface area contributed by atoms with Gasteiger partial charge in [-0.1, -0.05) is 0 Å². The van der Waals surface area contributed by atoms with Gasteiger partial charge in [-0.25, -0.2) is 0 Å². The van der Waals surface area contributed by atoms with Gasteiger partial charge < -0.3 is 19.8 Å². The van der Waals surface area contributed by atoms with Crippen molar-refractivity contribution in [2.45, 2.75) is 0 Å². The summed E-state index contributed by atoms with van der Waals surface area (Å²) >= 11 is 0. The quantitative estimate of drug-likeness (QED) is 0.328. The van der Waals surface area contributed by atoms with E-state index in [1.807, 2.05) is 0 Å². The molecule has 0 fully saturated rings. The summed E-state index contributed by atoms with van der Waals surface area (Å²) in [6.45, 7) is 1.19. The summed E-state index contributed by atoms with van der Waals surface area (Å²) in [6, 6.07) is 0. The van der Waals surface area contributed by atoms with Crippen LogP contribution in [0.5, 0.6) is 0 Å². The number of hydrogen-bond donors (Lipinski definition) is 2. The van der Waals surface area contributed by atoms with Crippen molar-refractivity contribution >= 4 is 0 Å². The zero-order chi connectivity index (χ0) is 3.41. The fourth-order valence-electron chi connectivity index (χ4n) is 0.